The average Bonchev–Trinajstić information content (AvgIpc) is 2.41. The van der Waals surface area contributed by atoms with Crippen LogP contribution >= 0.6 is 0 Å². The maximum absolute atomic E-state index is 6.40. The Morgan fingerprint density at radius 1 is 1.06 bits per heavy atom. The maximum Gasteiger partial charge on any atom is 0.0646 e. The van der Waals surface area contributed by atoms with Gasteiger partial charge in [0.15, 0.2) is 0 Å². The summed E-state index contributed by atoms with van der Waals surface area (Å²) in [6, 6.07) is 0. The van der Waals surface area contributed by atoms with E-state index in [2.05, 4.69) is 20.8 Å². The first-order chi connectivity index (χ1) is 7.91. The van der Waals surface area contributed by atoms with Gasteiger partial charge in [0.25, 0.3) is 0 Å². The van der Waals surface area contributed by atoms with Crippen LogP contribution in [0.15, 0.2) is 0 Å². The Morgan fingerprint density at radius 2 is 1.65 bits per heavy atom. The van der Waals surface area contributed by atoms with Crippen LogP contribution in [-0.2, 0) is 4.74 Å². The highest BCUT2D eigenvalue weighted by molar-refractivity contribution is 4.85. The van der Waals surface area contributed by atoms with Gasteiger partial charge in [-0.05, 0) is 31.1 Å². The number of hydrogen-bond acceptors (Lipinski definition) is 2. The van der Waals surface area contributed by atoms with E-state index in [4.69, 9.17) is 10.5 Å². The Kier molecular flexibility index (Phi) is 5.94. The normalized spacial score (nSPS) is 21.2. The van der Waals surface area contributed by atoms with Gasteiger partial charge >= 0.3 is 0 Å². The van der Waals surface area contributed by atoms with E-state index in [1.165, 1.54) is 32.1 Å². The number of rotatable bonds is 5. The summed E-state index contributed by atoms with van der Waals surface area (Å²) < 4.78 is 5.80. The second-order valence-electron chi connectivity index (χ2n) is 6.99. The fourth-order valence-electron chi connectivity index (χ4n) is 2.56. The zero-order chi connectivity index (χ0) is 12.8. The van der Waals surface area contributed by atoms with Gasteiger partial charge in [0.05, 0.1) is 6.61 Å². The minimum Gasteiger partial charge on any atom is -0.380 e. The Morgan fingerprint density at radius 3 is 2.18 bits per heavy atom. The van der Waals surface area contributed by atoms with Crippen LogP contribution in [0.2, 0.25) is 0 Å². The molecule has 0 aliphatic heterocycles. The maximum atomic E-state index is 6.40. The highest BCUT2D eigenvalue weighted by atomic mass is 16.5. The zero-order valence-corrected chi connectivity index (χ0v) is 12.1. The standard InChI is InChI=1S/C15H31NO/c1-14(2,3)9-8-12-17-13-15(16)10-6-4-5-7-11-15/h4-13,16H2,1-3H3. The second kappa shape index (κ2) is 6.75. The third-order valence-electron chi connectivity index (χ3n) is 3.70. The first-order valence-electron chi connectivity index (χ1n) is 7.28. The van der Waals surface area contributed by atoms with Gasteiger partial charge in [0.1, 0.15) is 0 Å². The van der Waals surface area contributed by atoms with Crippen LogP contribution in [0, 0.1) is 5.41 Å². The van der Waals surface area contributed by atoms with E-state index in [0.29, 0.717) is 5.41 Å². The highest BCUT2D eigenvalue weighted by Crippen LogP contribution is 2.25. The fraction of sp³-hybridized carbons (Fsp3) is 1.00. The molecule has 0 atom stereocenters. The Labute approximate surface area is 107 Å². The Bertz CT molecular complexity index is 199. The number of ether oxygens (including phenoxy) is 1. The molecule has 2 nitrogen and oxygen atoms in total. The van der Waals surface area contributed by atoms with Crippen molar-refractivity contribution >= 4 is 0 Å². The lowest BCUT2D eigenvalue weighted by atomic mass is 9.91. The largest absolute Gasteiger partial charge is 0.380 e. The molecule has 0 saturated heterocycles. The molecule has 1 fully saturated rings. The number of nitrogens with two attached hydrogens (primary N) is 1. The lowest BCUT2D eigenvalue weighted by molar-refractivity contribution is 0.0712. The van der Waals surface area contributed by atoms with Gasteiger partial charge in [-0.15, -0.1) is 0 Å². The van der Waals surface area contributed by atoms with E-state index in [1.54, 1.807) is 0 Å². The predicted molar refractivity (Wildman–Crippen MR) is 74.1 cm³/mol. The van der Waals surface area contributed by atoms with Crippen LogP contribution in [0.1, 0.15) is 72.1 Å². The van der Waals surface area contributed by atoms with Gasteiger partial charge in [-0.1, -0.05) is 46.5 Å². The molecule has 1 saturated carbocycles. The van der Waals surface area contributed by atoms with E-state index in [1.807, 2.05) is 0 Å². The minimum absolute atomic E-state index is 0.0295. The molecular weight excluding hydrogens is 210 g/mol. The van der Waals surface area contributed by atoms with Gasteiger partial charge < -0.3 is 10.5 Å². The molecule has 0 spiro atoms. The van der Waals surface area contributed by atoms with Gasteiger partial charge in [0, 0.05) is 12.1 Å². The molecule has 2 heteroatoms. The van der Waals surface area contributed by atoms with Crippen molar-refractivity contribution in [2.45, 2.75) is 77.7 Å². The first kappa shape index (κ1) is 15.0. The van der Waals surface area contributed by atoms with Crippen molar-refractivity contribution in [2.75, 3.05) is 13.2 Å². The number of hydrogen-bond donors (Lipinski definition) is 1. The summed E-state index contributed by atoms with van der Waals surface area (Å²) in [5.41, 5.74) is 6.80. The third-order valence-corrected chi connectivity index (χ3v) is 3.70. The lowest BCUT2D eigenvalue weighted by Gasteiger charge is -2.28. The molecule has 0 radical (unpaired) electrons. The van der Waals surface area contributed by atoms with Crippen molar-refractivity contribution in [1.82, 2.24) is 0 Å². The fourth-order valence-corrected chi connectivity index (χ4v) is 2.56. The van der Waals surface area contributed by atoms with Gasteiger partial charge in [0.2, 0.25) is 0 Å². The van der Waals surface area contributed by atoms with Gasteiger partial charge in [-0.25, -0.2) is 0 Å². The predicted octanol–water partition coefficient (Wildman–Crippen LogP) is 3.88. The van der Waals surface area contributed by atoms with Crippen molar-refractivity contribution in [2.24, 2.45) is 11.1 Å². The highest BCUT2D eigenvalue weighted by Gasteiger charge is 2.26. The molecule has 1 aliphatic carbocycles. The molecule has 0 heterocycles. The summed E-state index contributed by atoms with van der Waals surface area (Å²) in [5, 5.41) is 0. The molecule has 102 valence electrons. The van der Waals surface area contributed by atoms with Crippen LogP contribution in [0.4, 0.5) is 0 Å². The molecular formula is C15H31NO. The van der Waals surface area contributed by atoms with Crippen LogP contribution < -0.4 is 5.73 Å². The summed E-state index contributed by atoms with van der Waals surface area (Å²) >= 11 is 0. The monoisotopic (exact) mass is 241 g/mol. The molecule has 0 aromatic carbocycles. The summed E-state index contributed by atoms with van der Waals surface area (Å²) in [7, 11) is 0. The third kappa shape index (κ3) is 7.05. The lowest BCUT2D eigenvalue weighted by Crippen LogP contribution is -2.44. The van der Waals surface area contributed by atoms with Gasteiger partial charge in [-0.2, -0.15) is 0 Å². The molecule has 0 amide bonds. The average molecular weight is 241 g/mol. The van der Waals surface area contributed by atoms with Crippen molar-refractivity contribution in [3.63, 3.8) is 0 Å². The Hall–Kier alpha value is -0.0800. The van der Waals surface area contributed by atoms with Crippen molar-refractivity contribution in [1.29, 1.82) is 0 Å². The molecule has 17 heavy (non-hydrogen) atoms. The molecule has 1 rings (SSSR count). The van der Waals surface area contributed by atoms with E-state index >= 15 is 0 Å². The summed E-state index contributed by atoms with van der Waals surface area (Å²) in [4.78, 5) is 0. The van der Waals surface area contributed by atoms with E-state index in [9.17, 15) is 0 Å². The molecule has 0 aromatic rings. The van der Waals surface area contributed by atoms with Crippen molar-refractivity contribution in [3.8, 4) is 0 Å². The van der Waals surface area contributed by atoms with Crippen molar-refractivity contribution < 1.29 is 4.74 Å². The summed E-state index contributed by atoms with van der Waals surface area (Å²) in [5.74, 6) is 0. The molecule has 2 N–H and O–H groups in total. The van der Waals surface area contributed by atoms with Crippen LogP contribution in [0.5, 0.6) is 0 Å². The summed E-state index contributed by atoms with van der Waals surface area (Å²) in [6.07, 6.45) is 9.93. The van der Waals surface area contributed by atoms with Crippen molar-refractivity contribution in [3.05, 3.63) is 0 Å². The SMILES string of the molecule is CC(C)(C)CCCOCC1(N)CCCCCC1. The topological polar surface area (TPSA) is 35.2 Å². The zero-order valence-electron chi connectivity index (χ0n) is 12.1. The quantitative estimate of drug-likeness (QED) is 0.585. The van der Waals surface area contributed by atoms with E-state index in [0.717, 1.165) is 32.5 Å². The van der Waals surface area contributed by atoms with Gasteiger partial charge in [-0.3, -0.25) is 0 Å². The smallest absolute Gasteiger partial charge is 0.0646 e. The van der Waals surface area contributed by atoms with Crippen LogP contribution in [-0.4, -0.2) is 18.8 Å². The molecule has 1 aliphatic rings. The van der Waals surface area contributed by atoms with Crippen LogP contribution in [0.25, 0.3) is 0 Å². The Balaban J connectivity index is 2.12. The molecule has 0 bridgehead atoms. The van der Waals surface area contributed by atoms with E-state index < -0.39 is 0 Å². The second-order valence-corrected chi connectivity index (χ2v) is 6.99. The molecule has 0 aromatic heterocycles. The van der Waals surface area contributed by atoms with E-state index in [-0.39, 0.29) is 5.54 Å². The molecule has 0 unspecified atom stereocenters. The van der Waals surface area contributed by atoms with Crippen LogP contribution in [0.3, 0.4) is 0 Å². The first-order valence-corrected chi connectivity index (χ1v) is 7.28. The minimum atomic E-state index is -0.0295. The summed E-state index contributed by atoms with van der Waals surface area (Å²) in [6.45, 7) is 8.47.